The zero-order valence-electron chi connectivity index (χ0n) is 9.09. The van der Waals surface area contributed by atoms with Crippen molar-refractivity contribution >= 4 is 0 Å². The lowest BCUT2D eigenvalue weighted by atomic mass is 9.88. The van der Waals surface area contributed by atoms with Gasteiger partial charge in [0, 0.05) is 19.6 Å². The van der Waals surface area contributed by atoms with Crippen molar-refractivity contribution in [2.24, 2.45) is 5.92 Å². The second kappa shape index (κ2) is 4.60. The van der Waals surface area contributed by atoms with E-state index in [9.17, 15) is 18.3 Å². The van der Waals surface area contributed by atoms with Gasteiger partial charge in [0.05, 0.1) is 11.7 Å². The van der Waals surface area contributed by atoms with Crippen LogP contribution < -0.4 is 0 Å². The number of nitrogens with zero attached hydrogens (tertiary/aromatic N) is 2. The summed E-state index contributed by atoms with van der Waals surface area (Å²) in [5.74, 6) is -1.96. The number of rotatable bonds is 4. The molecule has 1 rings (SSSR count). The van der Waals surface area contributed by atoms with Crippen molar-refractivity contribution in [3.8, 4) is 6.07 Å². The third-order valence-corrected chi connectivity index (χ3v) is 2.74. The minimum Gasteiger partial charge on any atom is -0.387 e. The molecule has 0 aromatic heterocycles. The number of β-amino-alcohol motifs (C(OH)–C–C–N with tert-alkyl or cyclic N) is 1. The van der Waals surface area contributed by atoms with Crippen molar-refractivity contribution in [1.29, 1.82) is 5.26 Å². The predicted octanol–water partition coefficient (Wildman–Crippen LogP) is 1.54. The summed E-state index contributed by atoms with van der Waals surface area (Å²) in [6, 6.07) is 1.25. The Morgan fingerprint density at radius 2 is 2.06 bits per heavy atom. The quantitative estimate of drug-likeness (QED) is 0.805. The molecule has 92 valence electrons. The molecule has 0 spiro atoms. The first kappa shape index (κ1) is 13.3. The molecule has 0 aliphatic carbocycles. The Balaban J connectivity index is 2.40. The van der Waals surface area contributed by atoms with Crippen molar-refractivity contribution < 1.29 is 18.3 Å². The molecule has 1 fully saturated rings. The van der Waals surface area contributed by atoms with E-state index in [2.05, 4.69) is 0 Å². The summed E-state index contributed by atoms with van der Waals surface area (Å²) in [6.45, 7) is 2.03. The lowest BCUT2D eigenvalue weighted by Gasteiger charge is -2.47. The van der Waals surface area contributed by atoms with Crippen LogP contribution in [0, 0.1) is 17.2 Å². The van der Waals surface area contributed by atoms with Gasteiger partial charge in [0.15, 0.2) is 5.92 Å². The average Bonchev–Trinajstić information content (AvgIpc) is 2.09. The van der Waals surface area contributed by atoms with E-state index in [4.69, 9.17) is 5.26 Å². The molecule has 0 bridgehead atoms. The summed E-state index contributed by atoms with van der Waals surface area (Å²) in [7, 11) is 0. The van der Waals surface area contributed by atoms with Crippen molar-refractivity contribution in [2.45, 2.75) is 31.5 Å². The lowest BCUT2D eigenvalue weighted by molar-refractivity contribution is -0.178. The average molecular weight is 236 g/mol. The van der Waals surface area contributed by atoms with Gasteiger partial charge in [-0.05, 0) is 6.42 Å². The molecule has 1 heterocycles. The second-order valence-electron chi connectivity index (χ2n) is 4.37. The molecule has 0 aromatic rings. The van der Waals surface area contributed by atoms with Gasteiger partial charge in [0.1, 0.15) is 0 Å². The molecule has 3 nitrogen and oxygen atoms in total. The van der Waals surface area contributed by atoms with Gasteiger partial charge < -0.3 is 5.11 Å². The van der Waals surface area contributed by atoms with Crippen LogP contribution in [0.4, 0.5) is 13.2 Å². The third kappa shape index (κ3) is 3.09. The second-order valence-corrected chi connectivity index (χ2v) is 4.37. The Hall–Kier alpha value is -0.800. The monoisotopic (exact) mass is 236 g/mol. The summed E-state index contributed by atoms with van der Waals surface area (Å²) >= 11 is 0. The fraction of sp³-hybridized carbons (Fsp3) is 0.900. The van der Waals surface area contributed by atoms with Gasteiger partial charge in [0.25, 0.3) is 0 Å². The van der Waals surface area contributed by atoms with Crippen LogP contribution in [-0.2, 0) is 0 Å². The molecule has 1 aliphatic rings. The van der Waals surface area contributed by atoms with E-state index in [0.717, 1.165) is 6.42 Å². The number of nitriles is 1. The molecule has 1 aliphatic heterocycles. The fourth-order valence-electron chi connectivity index (χ4n) is 2.01. The van der Waals surface area contributed by atoms with Gasteiger partial charge in [0.2, 0.25) is 0 Å². The summed E-state index contributed by atoms with van der Waals surface area (Å²) in [4.78, 5) is 1.47. The Morgan fingerprint density at radius 1 is 1.50 bits per heavy atom. The van der Waals surface area contributed by atoms with E-state index in [-0.39, 0.29) is 19.6 Å². The predicted molar refractivity (Wildman–Crippen MR) is 51.5 cm³/mol. The van der Waals surface area contributed by atoms with Crippen LogP contribution in [0.15, 0.2) is 0 Å². The smallest absolute Gasteiger partial charge is 0.387 e. The van der Waals surface area contributed by atoms with Gasteiger partial charge in [-0.1, -0.05) is 13.3 Å². The van der Waals surface area contributed by atoms with E-state index >= 15 is 0 Å². The third-order valence-electron chi connectivity index (χ3n) is 2.74. The van der Waals surface area contributed by atoms with E-state index in [0.29, 0.717) is 6.42 Å². The number of hydrogen-bond donors (Lipinski definition) is 1. The van der Waals surface area contributed by atoms with Crippen LogP contribution in [0.5, 0.6) is 0 Å². The van der Waals surface area contributed by atoms with E-state index < -0.39 is 17.7 Å². The Labute approximate surface area is 92.5 Å². The molecule has 1 N–H and O–H groups in total. The summed E-state index contributed by atoms with van der Waals surface area (Å²) < 4.78 is 36.8. The SMILES string of the molecule is CCCC1(O)CN(CC(C#N)C(F)(F)F)C1. The van der Waals surface area contributed by atoms with Crippen LogP contribution in [0.1, 0.15) is 19.8 Å². The molecule has 6 heteroatoms. The molecule has 0 radical (unpaired) electrons. The first-order valence-electron chi connectivity index (χ1n) is 5.22. The zero-order valence-corrected chi connectivity index (χ0v) is 9.09. The van der Waals surface area contributed by atoms with Crippen LogP contribution in [0.2, 0.25) is 0 Å². The van der Waals surface area contributed by atoms with Crippen LogP contribution in [0.25, 0.3) is 0 Å². The van der Waals surface area contributed by atoms with Crippen molar-refractivity contribution in [1.82, 2.24) is 4.90 Å². The minimum absolute atomic E-state index is 0.231. The first-order chi connectivity index (χ1) is 7.30. The molecule has 0 aromatic carbocycles. The largest absolute Gasteiger partial charge is 0.405 e. The maximum atomic E-state index is 12.3. The van der Waals surface area contributed by atoms with E-state index in [1.807, 2.05) is 6.92 Å². The molecular weight excluding hydrogens is 221 g/mol. The zero-order chi connectivity index (χ0) is 12.4. The van der Waals surface area contributed by atoms with Gasteiger partial charge in [-0.2, -0.15) is 18.4 Å². The highest BCUT2D eigenvalue weighted by Crippen LogP contribution is 2.31. The Kier molecular flexibility index (Phi) is 3.81. The number of aliphatic hydroxyl groups is 1. The minimum atomic E-state index is -4.48. The van der Waals surface area contributed by atoms with Crippen LogP contribution >= 0.6 is 0 Å². The summed E-state index contributed by atoms with van der Waals surface area (Å²) in [6.07, 6.45) is -3.09. The summed E-state index contributed by atoms with van der Waals surface area (Å²) in [5, 5.41) is 18.2. The van der Waals surface area contributed by atoms with Crippen molar-refractivity contribution in [3.63, 3.8) is 0 Å². The summed E-state index contributed by atoms with van der Waals surface area (Å²) in [5.41, 5.74) is -0.847. The standard InChI is InChI=1S/C10H15F3N2O/c1-2-3-9(16)6-15(7-9)5-8(4-14)10(11,12)13/h8,16H,2-3,5-7H2,1H3. The van der Waals surface area contributed by atoms with Gasteiger partial charge >= 0.3 is 6.18 Å². The van der Waals surface area contributed by atoms with E-state index in [1.54, 1.807) is 0 Å². The van der Waals surface area contributed by atoms with Crippen LogP contribution in [-0.4, -0.2) is 41.4 Å². The lowest BCUT2D eigenvalue weighted by Crippen LogP contribution is -2.62. The molecule has 0 saturated carbocycles. The molecule has 1 unspecified atom stereocenters. The number of hydrogen-bond acceptors (Lipinski definition) is 3. The molecule has 1 atom stereocenters. The normalized spacial score (nSPS) is 22.2. The van der Waals surface area contributed by atoms with Gasteiger partial charge in [-0.25, -0.2) is 0 Å². The molecule has 16 heavy (non-hydrogen) atoms. The Bertz CT molecular complexity index is 279. The maximum absolute atomic E-state index is 12.3. The number of halogens is 3. The molecule has 1 saturated heterocycles. The topological polar surface area (TPSA) is 47.3 Å². The highest BCUT2D eigenvalue weighted by molar-refractivity contribution is 4.99. The molecule has 0 amide bonds. The first-order valence-corrected chi connectivity index (χ1v) is 5.22. The fourth-order valence-corrected chi connectivity index (χ4v) is 2.01. The van der Waals surface area contributed by atoms with Gasteiger partial charge in [-0.15, -0.1) is 0 Å². The van der Waals surface area contributed by atoms with Gasteiger partial charge in [-0.3, -0.25) is 4.90 Å². The van der Waals surface area contributed by atoms with Crippen molar-refractivity contribution in [2.75, 3.05) is 19.6 Å². The highest BCUT2D eigenvalue weighted by atomic mass is 19.4. The van der Waals surface area contributed by atoms with E-state index in [1.165, 1.54) is 11.0 Å². The van der Waals surface area contributed by atoms with Crippen molar-refractivity contribution in [3.05, 3.63) is 0 Å². The number of likely N-dealkylation sites (tertiary alicyclic amines) is 1. The van der Waals surface area contributed by atoms with Crippen LogP contribution in [0.3, 0.4) is 0 Å². The molecular formula is C10H15F3N2O. The number of alkyl halides is 3. The Morgan fingerprint density at radius 3 is 2.44 bits per heavy atom. The maximum Gasteiger partial charge on any atom is 0.405 e. The highest BCUT2D eigenvalue weighted by Gasteiger charge is 2.46.